The molecule has 29 heavy (non-hydrogen) atoms. The number of carbonyl (C=O) groups is 2. The lowest BCUT2D eigenvalue weighted by Gasteiger charge is -2.32. The molecule has 2 aromatic carbocycles. The number of rotatable bonds is 5. The van der Waals surface area contributed by atoms with E-state index in [1.807, 2.05) is 61.5 Å². The summed E-state index contributed by atoms with van der Waals surface area (Å²) in [5, 5.41) is 5.86. The topological polar surface area (TPSA) is 106 Å². The van der Waals surface area contributed by atoms with Crippen LogP contribution in [0.5, 0.6) is 5.75 Å². The van der Waals surface area contributed by atoms with Crippen molar-refractivity contribution in [2.45, 2.75) is 25.5 Å². The van der Waals surface area contributed by atoms with Crippen LogP contribution in [0.15, 0.2) is 54.6 Å². The Kier molecular flexibility index (Phi) is 4.90. The summed E-state index contributed by atoms with van der Waals surface area (Å²) in [4.78, 5) is 27.8. The molecule has 1 aliphatic heterocycles. The summed E-state index contributed by atoms with van der Waals surface area (Å²) in [6.07, 6.45) is 0.313. The van der Waals surface area contributed by atoms with E-state index in [1.54, 1.807) is 0 Å². The van der Waals surface area contributed by atoms with Crippen molar-refractivity contribution in [3.05, 3.63) is 71.4 Å². The van der Waals surface area contributed by atoms with Crippen molar-refractivity contribution in [2.24, 2.45) is 5.73 Å². The van der Waals surface area contributed by atoms with Crippen LogP contribution in [0.4, 0.5) is 4.79 Å². The number of pyridine rings is 1. The highest BCUT2D eigenvalue weighted by atomic mass is 16.5. The van der Waals surface area contributed by atoms with E-state index in [-0.39, 0.29) is 6.54 Å². The molecule has 4 rings (SSSR count). The fraction of sp³-hybridized carbons (Fsp3) is 0.227. The van der Waals surface area contributed by atoms with Gasteiger partial charge in [0, 0.05) is 29.6 Å². The Morgan fingerprint density at radius 2 is 1.90 bits per heavy atom. The van der Waals surface area contributed by atoms with Gasteiger partial charge in [0.25, 0.3) is 0 Å². The molecule has 1 aliphatic rings. The Balaban J connectivity index is 1.44. The standard InChI is InChI=1S/C22H22N4O3/c1-14-10-16(18-4-2-3-5-19(18)25-14)12-29-17-8-6-15(7-9-17)11-22(23)13-24-21(28)26-20(22)27/h2-10H,11-13,23H2,1H3,(H2,24,26,27,28). The molecule has 0 bridgehead atoms. The van der Waals surface area contributed by atoms with Crippen molar-refractivity contribution >= 4 is 22.8 Å². The van der Waals surface area contributed by atoms with Gasteiger partial charge in [-0.2, -0.15) is 0 Å². The molecule has 0 radical (unpaired) electrons. The Morgan fingerprint density at radius 3 is 2.66 bits per heavy atom. The molecule has 4 N–H and O–H groups in total. The van der Waals surface area contributed by atoms with Crippen molar-refractivity contribution in [2.75, 3.05) is 6.54 Å². The van der Waals surface area contributed by atoms with E-state index in [9.17, 15) is 9.59 Å². The molecule has 7 nitrogen and oxygen atoms in total. The first kappa shape index (κ1) is 18.9. The number of benzene rings is 2. The average molecular weight is 390 g/mol. The fourth-order valence-electron chi connectivity index (χ4n) is 3.48. The van der Waals surface area contributed by atoms with E-state index >= 15 is 0 Å². The van der Waals surface area contributed by atoms with Crippen LogP contribution in [-0.4, -0.2) is 29.0 Å². The number of carbonyl (C=O) groups excluding carboxylic acids is 2. The number of nitrogens with two attached hydrogens (primary N) is 1. The van der Waals surface area contributed by atoms with Crippen LogP contribution in [0.25, 0.3) is 10.9 Å². The number of para-hydroxylation sites is 1. The smallest absolute Gasteiger partial charge is 0.321 e. The lowest BCUT2D eigenvalue weighted by atomic mass is 9.89. The maximum Gasteiger partial charge on any atom is 0.321 e. The molecule has 1 saturated heterocycles. The Hall–Kier alpha value is -3.45. The monoisotopic (exact) mass is 390 g/mol. The molecule has 0 spiro atoms. The van der Waals surface area contributed by atoms with Gasteiger partial charge >= 0.3 is 6.03 Å². The highest BCUT2D eigenvalue weighted by Crippen LogP contribution is 2.22. The van der Waals surface area contributed by atoms with E-state index in [1.165, 1.54) is 0 Å². The quantitative estimate of drug-likeness (QED) is 0.619. The van der Waals surface area contributed by atoms with Crippen LogP contribution in [0.1, 0.15) is 16.8 Å². The minimum Gasteiger partial charge on any atom is -0.489 e. The van der Waals surface area contributed by atoms with E-state index < -0.39 is 17.5 Å². The largest absolute Gasteiger partial charge is 0.489 e. The second-order valence-electron chi connectivity index (χ2n) is 7.34. The van der Waals surface area contributed by atoms with E-state index in [4.69, 9.17) is 10.5 Å². The molecule has 1 unspecified atom stereocenters. The van der Waals surface area contributed by atoms with E-state index in [0.29, 0.717) is 13.0 Å². The summed E-state index contributed by atoms with van der Waals surface area (Å²) < 4.78 is 5.97. The molecule has 3 amide bonds. The van der Waals surface area contributed by atoms with Gasteiger partial charge in [-0.15, -0.1) is 0 Å². The number of hydrogen-bond acceptors (Lipinski definition) is 5. The first-order chi connectivity index (χ1) is 13.9. The number of nitrogens with one attached hydrogen (secondary N) is 2. The first-order valence-corrected chi connectivity index (χ1v) is 9.38. The molecular formula is C22H22N4O3. The number of urea groups is 1. The summed E-state index contributed by atoms with van der Waals surface area (Å²) >= 11 is 0. The summed E-state index contributed by atoms with van der Waals surface area (Å²) in [7, 11) is 0. The fourth-order valence-corrected chi connectivity index (χ4v) is 3.48. The normalized spacial score (nSPS) is 19.0. The maximum atomic E-state index is 12.1. The molecule has 1 atom stereocenters. The van der Waals surface area contributed by atoms with Crippen LogP contribution in [-0.2, 0) is 17.8 Å². The number of fused-ring (bicyclic) bond motifs is 1. The molecule has 3 aromatic rings. The first-order valence-electron chi connectivity index (χ1n) is 9.38. The third-order valence-corrected chi connectivity index (χ3v) is 5.01. The molecule has 2 heterocycles. The van der Waals surface area contributed by atoms with Crippen LogP contribution in [0.3, 0.4) is 0 Å². The van der Waals surface area contributed by atoms with Crippen LogP contribution in [0.2, 0.25) is 0 Å². The zero-order valence-corrected chi connectivity index (χ0v) is 16.1. The molecule has 1 fully saturated rings. The highest BCUT2D eigenvalue weighted by molar-refractivity contribution is 6.02. The zero-order valence-electron chi connectivity index (χ0n) is 16.1. The summed E-state index contributed by atoms with van der Waals surface area (Å²) in [6, 6.07) is 17.0. The molecular weight excluding hydrogens is 368 g/mol. The van der Waals surface area contributed by atoms with Crippen molar-refractivity contribution < 1.29 is 14.3 Å². The molecule has 0 aliphatic carbocycles. The number of ether oxygens (including phenoxy) is 1. The summed E-state index contributed by atoms with van der Waals surface area (Å²) in [6.45, 7) is 2.50. The van der Waals surface area contributed by atoms with Gasteiger partial charge < -0.3 is 15.8 Å². The number of amides is 3. The van der Waals surface area contributed by atoms with E-state index in [0.717, 1.165) is 33.5 Å². The SMILES string of the molecule is Cc1cc(COc2ccc(CC3(N)CNC(=O)NC3=O)cc2)c2ccccc2n1. The van der Waals surface area contributed by atoms with Gasteiger partial charge in [-0.05, 0) is 36.8 Å². The third-order valence-electron chi connectivity index (χ3n) is 5.01. The number of aryl methyl sites for hydroxylation is 1. The van der Waals surface area contributed by atoms with E-state index in [2.05, 4.69) is 15.6 Å². The lowest BCUT2D eigenvalue weighted by molar-refractivity contribution is -0.125. The summed E-state index contributed by atoms with van der Waals surface area (Å²) in [5.41, 5.74) is 8.87. The second-order valence-corrected chi connectivity index (χ2v) is 7.34. The van der Waals surface area contributed by atoms with Gasteiger partial charge in [0.2, 0.25) is 5.91 Å². The highest BCUT2D eigenvalue weighted by Gasteiger charge is 2.39. The van der Waals surface area contributed by atoms with Gasteiger partial charge in [0.15, 0.2) is 0 Å². The Bertz CT molecular complexity index is 1080. The number of imide groups is 1. The minimum absolute atomic E-state index is 0.102. The molecule has 7 heteroatoms. The predicted octanol–water partition coefficient (Wildman–Crippen LogP) is 2.20. The predicted molar refractivity (Wildman–Crippen MR) is 109 cm³/mol. The third kappa shape index (κ3) is 4.05. The Labute approximate surface area is 168 Å². The minimum atomic E-state index is -1.16. The number of nitrogens with zero attached hydrogens (tertiary/aromatic N) is 1. The summed E-state index contributed by atoms with van der Waals surface area (Å²) in [5.74, 6) is 0.251. The van der Waals surface area contributed by atoms with Crippen molar-refractivity contribution in [1.29, 1.82) is 0 Å². The van der Waals surface area contributed by atoms with Gasteiger partial charge in [-0.3, -0.25) is 15.1 Å². The average Bonchev–Trinajstić information content (AvgIpc) is 2.70. The van der Waals surface area contributed by atoms with Gasteiger partial charge in [0.05, 0.1) is 5.52 Å². The van der Waals surface area contributed by atoms with Gasteiger partial charge in [0.1, 0.15) is 17.9 Å². The van der Waals surface area contributed by atoms with Crippen molar-refractivity contribution in [1.82, 2.24) is 15.6 Å². The lowest BCUT2D eigenvalue weighted by Crippen LogP contribution is -2.68. The second kappa shape index (κ2) is 7.52. The zero-order chi connectivity index (χ0) is 20.4. The van der Waals surface area contributed by atoms with Crippen LogP contribution in [0, 0.1) is 6.92 Å². The van der Waals surface area contributed by atoms with Gasteiger partial charge in [-0.25, -0.2) is 4.79 Å². The molecule has 0 saturated carbocycles. The molecule has 1 aromatic heterocycles. The maximum absolute atomic E-state index is 12.1. The molecule has 148 valence electrons. The number of aromatic nitrogens is 1. The van der Waals surface area contributed by atoms with Gasteiger partial charge in [-0.1, -0.05) is 30.3 Å². The van der Waals surface area contributed by atoms with Crippen molar-refractivity contribution in [3.8, 4) is 5.75 Å². The number of hydrogen-bond donors (Lipinski definition) is 3. The Morgan fingerprint density at radius 1 is 1.14 bits per heavy atom. The van der Waals surface area contributed by atoms with Crippen LogP contribution >= 0.6 is 0 Å². The van der Waals surface area contributed by atoms with Crippen molar-refractivity contribution in [3.63, 3.8) is 0 Å². The van der Waals surface area contributed by atoms with Crippen LogP contribution < -0.4 is 21.1 Å².